The van der Waals surface area contributed by atoms with E-state index in [1.54, 1.807) is 0 Å². The second kappa shape index (κ2) is 9.03. The topological polar surface area (TPSA) is 75.6 Å². The molecule has 2 saturated heterocycles. The summed E-state index contributed by atoms with van der Waals surface area (Å²) in [6.07, 6.45) is -7.28. The molecule has 4 radical (unpaired) electrons. The summed E-state index contributed by atoms with van der Waals surface area (Å²) in [6.45, 7) is -4.24. The smallest absolute Gasteiger partial charge is 0.325 e. The summed E-state index contributed by atoms with van der Waals surface area (Å²) in [7, 11) is 13.6. The van der Waals surface area contributed by atoms with Crippen LogP contribution in [0.15, 0.2) is 0 Å². The van der Waals surface area contributed by atoms with E-state index in [1.165, 1.54) is 14.2 Å². The van der Waals surface area contributed by atoms with Gasteiger partial charge in [0.1, 0.15) is 52.5 Å². The van der Waals surface area contributed by atoms with Crippen LogP contribution >= 0.6 is 6.72 Å². The predicted octanol–water partition coefficient (Wildman–Crippen LogP) is -0.271. The highest BCUT2D eigenvalue weighted by Crippen LogP contribution is 2.48. The number of alkyl halides is 2. The number of hydrogen-bond donors (Lipinski definition) is 1. The highest BCUT2D eigenvalue weighted by atomic mass is 32.5. The van der Waals surface area contributed by atoms with E-state index in [0.29, 0.717) is 0 Å². The van der Waals surface area contributed by atoms with Crippen LogP contribution in [0.5, 0.6) is 0 Å². The lowest BCUT2D eigenvalue weighted by Crippen LogP contribution is -2.35. The molecule has 0 aliphatic carbocycles. The summed E-state index contributed by atoms with van der Waals surface area (Å²) in [5.41, 5.74) is 0. The Kier molecular flexibility index (Phi) is 7.83. The minimum absolute atomic E-state index is 0.00993. The van der Waals surface area contributed by atoms with E-state index in [9.17, 15) is 13.7 Å². The van der Waals surface area contributed by atoms with Crippen LogP contribution < -0.4 is 0 Å². The van der Waals surface area contributed by atoms with Gasteiger partial charge in [-0.3, -0.25) is 4.52 Å². The molecule has 2 heterocycles. The predicted molar refractivity (Wildman–Crippen MR) is 88.6 cm³/mol. The molecule has 2 fully saturated rings. The fraction of sp³-hybridized carbons (Fsp3) is 1.00. The Labute approximate surface area is 152 Å². The van der Waals surface area contributed by atoms with E-state index >= 15 is 0 Å². The van der Waals surface area contributed by atoms with Gasteiger partial charge in [-0.05, 0) is 11.8 Å². The van der Waals surface area contributed by atoms with Gasteiger partial charge in [0, 0.05) is 14.2 Å². The third kappa shape index (κ3) is 5.21. The molecule has 0 aromatic carbocycles. The minimum Gasteiger partial charge on any atom is -0.382 e. The number of rotatable bonds is 8. The fourth-order valence-corrected chi connectivity index (χ4v) is 4.12. The van der Waals surface area contributed by atoms with Crippen LogP contribution in [-0.4, -0.2) is 96.8 Å². The van der Waals surface area contributed by atoms with Crippen LogP contribution in [0, 0.1) is 0 Å². The average Bonchev–Trinajstić information content (AvgIpc) is 2.97. The van der Waals surface area contributed by atoms with Gasteiger partial charge in [0.05, 0.1) is 25.2 Å². The minimum atomic E-state index is -3.89. The molecule has 140 valence electrons. The molecule has 7 nitrogen and oxygen atoms in total. The van der Waals surface area contributed by atoms with Crippen molar-refractivity contribution in [2.24, 2.45) is 0 Å². The Morgan fingerprint density at radius 2 is 1.56 bits per heavy atom. The van der Waals surface area contributed by atoms with Crippen LogP contribution in [0.3, 0.4) is 0 Å². The standard InChI is InChI=1S/C12H19B2F2O7PS/c1-18-3-5-10(8(16)12(14)21-5)23-24(17,25)20-4-6-9(19-2)7(15)11(13)22-6/h5-12H,3-4H2,1-2H3,(H,17,25)/t5-,6-,7+,8+,9?,10?,11-,12-,24?/m1/s1. The van der Waals surface area contributed by atoms with Crippen LogP contribution in [0.1, 0.15) is 0 Å². The molecule has 2 aliphatic rings. The molecule has 2 aliphatic heterocycles. The van der Waals surface area contributed by atoms with Gasteiger partial charge in [0.2, 0.25) is 0 Å². The maximum absolute atomic E-state index is 14.1. The second-order valence-electron chi connectivity index (χ2n) is 5.66. The molecule has 1 N–H and O–H groups in total. The Bertz CT molecular complexity index is 496. The molecule has 0 aromatic rings. The Hall–Kier alpha value is 0.360. The molecule has 0 bridgehead atoms. The maximum atomic E-state index is 14.1. The quantitative estimate of drug-likeness (QED) is 0.443. The van der Waals surface area contributed by atoms with Crippen LogP contribution in [-0.2, 0) is 39.8 Å². The van der Waals surface area contributed by atoms with Crippen molar-refractivity contribution in [2.75, 3.05) is 27.4 Å². The molecular formula is C12H19B2F2O7PS. The fourth-order valence-electron chi connectivity index (χ4n) is 2.68. The zero-order chi connectivity index (χ0) is 18.8. The average molecular weight is 398 g/mol. The third-order valence-electron chi connectivity index (χ3n) is 3.91. The molecule has 3 unspecified atom stereocenters. The number of methoxy groups -OCH3 is 2. The highest BCUT2D eigenvalue weighted by molar-refractivity contribution is 8.07. The highest BCUT2D eigenvalue weighted by Gasteiger charge is 2.47. The van der Waals surface area contributed by atoms with Crippen LogP contribution in [0.2, 0.25) is 0 Å². The molecular weight excluding hydrogens is 379 g/mol. The van der Waals surface area contributed by atoms with Gasteiger partial charge < -0.3 is 28.4 Å². The van der Waals surface area contributed by atoms with Gasteiger partial charge in [-0.25, -0.2) is 8.78 Å². The van der Waals surface area contributed by atoms with E-state index in [-0.39, 0.29) is 13.2 Å². The van der Waals surface area contributed by atoms with E-state index in [2.05, 4.69) is 0 Å². The first kappa shape index (κ1) is 21.7. The molecule has 2 rings (SSSR count). The Morgan fingerprint density at radius 3 is 2.08 bits per heavy atom. The normalized spacial score (nSPS) is 44.0. The SMILES string of the molecule is [B][C@@H]1O[C@H](COP(O)(=S)OC2[C@@H](COC)O[C@@H]([B])[C@H]2F)C(OC)[C@@H]1F. The van der Waals surface area contributed by atoms with Crippen LogP contribution in [0.25, 0.3) is 0 Å². The lowest BCUT2D eigenvalue weighted by Gasteiger charge is -2.26. The summed E-state index contributed by atoms with van der Waals surface area (Å²) in [4.78, 5) is 10.2. The molecule has 0 saturated carbocycles. The first-order valence-electron chi connectivity index (χ1n) is 7.48. The summed E-state index contributed by atoms with van der Waals surface area (Å²) < 4.78 is 58.4. The lowest BCUT2D eigenvalue weighted by molar-refractivity contribution is -0.0337. The lowest BCUT2D eigenvalue weighted by atomic mass is 9.94. The molecule has 25 heavy (non-hydrogen) atoms. The molecule has 0 amide bonds. The summed E-state index contributed by atoms with van der Waals surface area (Å²) in [5, 5.41) is 0. The number of ether oxygens (including phenoxy) is 4. The van der Waals surface area contributed by atoms with Gasteiger partial charge in [0.25, 0.3) is 0 Å². The zero-order valence-corrected chi connectivity index (χ0v) is 15.4. The summed E-state index contributed by atoms with van der Waals surface area (Å²) in [6, 6.07) is -2.42. The van der Waals surface area contributed by atoms with Gasteiger partial charge >= 0.3 is 6.72 Å². The van der Waals surface area contributed by atoms with Crippen LogP contribution in [0.4, 0.5) is 8.78 Å². The molecule has 13 heteroatoms. The maximum Gasteiger partial charge on any atom is 0.325 e. The zero-order valence-electron chi connectivity index (χ0n) is 13.7. The van der Waals surface area contributed by atoms with Gasteiger partial charge in [-0.15, -0.1) is 0 Å². The van der Waals surface area contributed by atoms with Crippen molar-refractivity contribution in [3.63, 3.8) is 0 Å². The van der Waals surface area contributed by atoms with Crippen molar-refractivity contribution >= 4 is 34.2 Å². The summed E-state index contributed by atoms with van der Waals surface area (Å²) in [5.74, 6) is 0. The third-order valence-corrected chi connectivity index (χ3v) is 5.47. The van der Waals surface area contributed by atoms with Crippen molar-refractivity contribution in [3.05, 3.63) is 0 Å². The van der Waals surface area contributed by atoms with Gasteiger partial charge in [-0.1, -0.05) is 0 Å². The Morgan fingerprint density at radius 1 is 1.04 bits per heavy atom. The van der Waals surface area contributed by atoms with Crippen molar-refractivity contribution < 1.29 is 41.7 Å². The van der Waals surface area contributed by atoms with E-state index in [4.69, 9.17) is 55.5 Å². The Balaban J connectivity index is 1.94. The molecule has 0 aromatic heterocycles. The molecule has 0 spiro atoms. The summed E-state index contributed by atoms with van der Waals surface area (Å²) >= 11 is 4.87. The van der Waals surface area contributed by atoms with E-state index < -0.39 is 55.5 Å². The van der Waals surface area contributed by atoms with Crippen molar-refractivity contribution in [1.82, 2.24) is 0 Å². The van der Waals surface area contributed by atoms with Crippen molar-refractivity contribution in [2.45, 2.75) is 48.8 Å². The first-order valence-corrected chi connectivity index (χ1v) is 10.1. The van der Waals surface area contributed by atoms with Crippen molar-refractivity contribution in [1.29, 1.82) is 0 Å². The number of halogens is 2. The van der Waals surface area contributed by atoms with Crippen molar-refractivity contribution in [3.8, 4) is 0 Å². The first-order chi connectivity index (χ1) is 11.7. The number of hydrogen-bond acceptors (Lipinski definition) is 7. The largest absolute Gasteiger partial charge is 0.382 e. The van der Waals surface area contributed by atoms with Gasteiger partial charge in [-0.2, -0.15) is 0 Å². The monoisotopic (exact) mass is 398 g/mol. The van der Waals surface area contributed by atoms with E-state index in [0.717, 1.165) is 0 Å². The second-order valence-corrected chi connectivity index (χ2v) is 8.45. The molecule has 9 atom stereocenters. The van der Waals surface area contributed by atoms with E-state index in [1.807, 2.05) is 0 Å². The van der Waals surface area contributed by atoms with Gasteiger partial charge in [0.15, 0.2) is 0 Å².